The van der Waals surface area contributed by atoms with Crippen molar-refractivity contribution in [1.82, 2.24) is 15.6 Å². The molecular formula is C28H29F2N3O3. The molecule has 0 radical (unpaired) electrons. The Bertz CT molecular complexity index is 1330. The van der Waals surface area contributed by atoms with Crippen LogP contribution < -0.4 is 10.6 Å². The normalized spacial score (nSPS) is 13.0. The minimum Gasteiger partial charge on any atom is -0.441 e. The Labute approximate surface area is 208 Å². The second-order valence-electron chi connectivity index (χ2n) is 8.82. The predicted molar refractivity (Wildman–Crippen MR) is 134 cm³/mol. The molecule has 0 aliphatic carbocycles. The van der Waals surface area contributed by atoms with Crippen LogP contribution >= 0.6 is 0 Å². The van der Waals surface area contributed by atoms with E-state index in [1.807, 2.05) is 12.1 Å². The van der Waals surface area contributed by atoms with Gasteiger partial charge in [-0.2, -0.15) is 0 Å². The summed E-state index contributed by atoms with van der Waals surface area (Å²) in [5.74, 6) is -1.48. The van der Waals surface area contributed by atoms with Crippen molar-refractivity contribution in [3.8, 4) is 0 Å². The molecule has 2 unspecified atom stereocenters. The Morgan fingerprint density at radius 3 is 2.50 bits per heavy atom. The SMILES string of the molecule is CCc1cccc(CNCC(O)C(Cc2cc(F)cc(F)c2)NC(=O)c2cccc3oc(C)nc23)c1. The molecule has 0 fully saturated rings. The van der Waals surface area contributed by atoms with Crippen molar-refractivity contribution in [2.45, 2.75) is 45.4 Å². The number of oxazole rings is 1. The number of nitrogens with one attached hydrogen (secondary N) is 2. The van der Waals surface area contributed by atoms with Gasteiger partial charge in [0.1, 0.15) is 17.2 Å². The van der Waals surface area contributed by atoms with Crippen LogP contribution in [0.5, 0.6) is 0 Å². The summed E-state index contributed by atoms with van der Waals surface area (Å²) < 4.78 is 33.1. The minimum atomic E-state index is -1.03. The van der Waals surface area contributed by atoms with E-state index in [0.29, 0.717) is 29.1 Å². The zero-order valence-electron chi connectivity index (χ0n) is 20.2. The summed E-state index contributed by atoms with van der Waals surface area (Å²) in [6.45, 7) is 4.46. The van der Waals surface area contributed by atoms with Crippen LogP contribution in [0.2, 0.25) is 0 Å². The first kappa shape index (κ1) is 25.5. The lowest BCUT2D eigenvalue weighted by Gasteiger charge is -2.25. The molecule has 0 saturated heterocycles. The molecule has 36 heavy (non-hydrogen) atoms. The van der Waals surface area contributed by atoms with Crippen molar-refractivity contribution in [2.75, 3.05) is 6.54 Å². The van der Waals surface area contributed by atoms with Gasteiger partial charge in [0.2, 0.25) is 0 Å². The van der Waals surface area contributed by atoms with Gasteiger partial charge in [-0.15, -0.1) is 0 Å². The fraction of sp³-hybridized carbons (Fsp3) is 0.286. The largest absolute Gasteiger partial charge is 0.441 e. The molecule has 0 saturated carbocycles. The number of para-hydroxylation sites is 1. The van der Waals surface area contributed by atoms with Crippen LogP contribution in [0.1, 0.15) is 39.9 Å². The lowest BCUT2D eigenvalue weighted by molar-refractivity contribution is 0.0831. The van der Waals surface area contributed by atoms with Crippen LogP contribution in [-0.2, 0) is 19.4 Å². The first-order valence-electron chi connectivity index (χ1n) is 11.9. The molecule has 4 rings (SSSR count). The molecule has 188 valence electrons. The van der Waals surface area contributed by atoms with E-state index in [1.165, 1.54) is 17.7 Å². The summed E-state index contributed by atoms with van der Waals surface area (Å²) in [5, 5.41) is 17.0. The summed E-state index contributed by atoms with van der Waals surface area (Å²) in [6.07, 6.45) is -0.0810. The summed E-state index contributed by atoms with van der Waals surface area (Å²) >= 11 is 0. The maximum atomic E-state index is 13.8. The smallest absolute Gasteiger partial charge is 0.253 e. The molecular weight excluding hydrogens is 464 g/mol. The van der Waals surface area contributed by atoms with Crippen LogP contribution in [0.4, 0.5) is 8.78 Å². The molecule has 2 atom stereocenters. The van der Waals surface area contributed by atoms with E-state index < -0.39 is 29.7 Å². The fourth-order valence-corrected chi connectivity index (χ4v) is 4.22. The Morgan fingerprint density at radius 1 is 1.03 bits per heavy atom. The Morgan fingerprint density at radius 2 is 1.75 bits per heavy atom. The number of nitrogens with zero attached hydrogens (tertiary/aromatic N) is 1. The molecule has 0 spiro atoms. The number of rotatable bonds is 10. The second kappa shape index (κ2) is 11.4. The molecule has 0 aliphatic heterocycles. The van der Waals surface area contributed by atoms with Crippen molar-refractivity contribution in [3.63, 3.8) is 0 Å². The highest BCUT2D eigenvalue weighted by Gasteiger charge is 2.24. The number of aliphatic hydroxyl groups is 1. The van der Waals surface area contributed by atoms with Gasteiger partial charge in [0, 0.05) is 26.1 Å². The van der Waals surface area contributed by atoms with Crippen molar-refractivity contribution in [3.05, 3.63) is 100 Å². The third-order valence-electron chi connectivity index (χ3n) is 6.01. The third kappa shape index (κ3) is 6.33. The quantitative estimate of drug-likeness (QED) is 0.304. The van der Waals surface area contributed by atoms with E-state index in [0.717, 1.165) is 18.1 Å². The maximum absolute atomic E-state index is 13.8. The lowest BCUT2D eigenvalue weighted by Crippen LogP contribution is -2.48. The highest BCUT2D eigenvalue weighted by Crippen LogP contribution is 2.20. The minimum absolute atomic E-state index is 0.0302. The molecule has 1 heterocycles. The van der Waals surface area contributed by atoms with Gasteiger partial charge >= 0.3 is 0 Å². The van der Waals surface area contributed by atoms with E-state index in [4.69, 9.17) is 4.42 Å². The number of carbonyl (C=O) groups excluding carboxylic acids is 1. The lowest BCUT2D eigenvalue weighted by atomic mass is 9.99. The van der Waals surface area contributed by atoms with Gasteiger partial charge in [-0.05, 0) is 53.8 Å². The topological polar surface area (TPSA) is 87.4 Å². The van der Waals surface area contributed by atoms with Crippen molar-refractivity contribution >= 4 is 17.0 Å². The van der Waals surface area contributed by atoms with Gasteiger partial charge in [-0.1, -0.05) is 37.3 Å². The van der Waals surface area contributed by atoms with Crippen LogP contribution in [-0.4, -0.2) is 34.7 Å². The molecule has 1 amide bonds. The number of aryl methyl sites for hydroxylation is 2. The molecule has 3 aromatic carbocycles. The number of amides is 1. The Balaban J connectivity index is 1.51. The van der Waals surface area contributed by atoms with Crippen molar-refractivity contribution in [2.24, 2.45) is 0 Å². The van der Waals surface area contributed by atoms with E-state index in [2.05, 4.69) is 34.7 Å². The average molecular weight is 494 g/mol. The fourth-order valence-electron chi connectivity index (χ4n) is 4.22. The molecule has 0 bridgehead atoms. The first-order valence-corrected chi connectivity index (χ1v) is 11.9. The second-order valence-corrected chi connectivity index (χ2v) is 8.82. The highest BCUT2D eigenvalue weighted by atomic mass is 19.1. The molecule has 0 aliphatic rings. The highest BCUT2D eigenvalue weighted by molar-refractivity contribution is 6.04. The number of hydrogen-bond donors (Lipinski definition) is 3. The number of halogens is 2. The van der Waals surface area contributed by atoms with Gasteiger partial charge in [-0.25, -0.2) is 13.8 Å². The average Bonchev–Trinajstić information content (AvgIpc) is 3.23. The van der Waals surface area contributed by atoms with E-state index in [1.54, 1.807) is 25.1 Å². The van der Waals surface area contributed by atoms with E-state index >= 15 is 0 Å². The maximum Gasteiger partial charge on any atom is 0.253 e. The van der Waals surface area contributed by atoms with E-state index in [-0.39, 0.29) is 18.5 Å². The molecule has 1 aromatic heterocycles. The number of benzene rings is 3. The zero-order chi connectivity index (χ0) is 25.7. The third-order valence-corrected chi connectivity index (χ3v) is 6.01. The van der Waals surface area contributed by atoms with Crippen LogP contribution in [0.3, 0.4) is 0 Å². The predicted octanol–water partition coefficient (Wildman–Crippen LogP) is 4.47. The number of aliphatic hydroxyl groups excluding tert-OH is 1. The summed E-state index contributed by atoms with van der Waals surface area (Å²) in [5.41, 5.74) is 3.78. The Hall–Kier alpha value is -3.62. The van der Waals surface area contributed by atoms with Gasteiger partial charge in [-0.3, -0.25) is 4.79 Å². The molecule has 6 nitrogen and oxygen atoms in total. The van der Waals surface area contributed by atoms with Crippen LogP contribution in [0.25, 0.3) is 11.1 Å². The van der Waals surface area contributed by atoms with Gasteiger partial charge in [0.15, 0.2) is 11.5 Å². The van der Waals surface area contributed by atoms with Crippen LogP contribution in [0.15, 0.2) is 65.1 Å². The van der Waals surface area contributed by atoms with Gasteiger partial charge < -0.3 is 20.2 Å². The number of hydrogen-bond acceptors (Lipinski definition) is 5. The zero-order valence-corrected chi connectivity index (χ0v) is 20.2. The summed E-state index contributed by atoms with van der Waals surface area (Å²) in [6, 6.07) is 15.5. The molecule has 3 N–H and O–H groups in total. The Kier molecular flexibility index (Phi) is 8.07. The van der Waals surface area contributed by atoms with Crippen LogP contribution in [0, 0.1) is 18.6 Å². The number of carbonyl (C=O) groups is 1. The van der Waals surface area contributed by atoms with Crippen molar-refractivity contribution < 1.29 is 23.1 Å². The first-order chi connectivity index (χ1) is 17.3. The standard InChI is InChI=1S/C28H29F2N3O3/c1-3-18-6-4-7-19(10-18)15-31-16-25(34)24(13-20-11-21(29)14-22(30)12-20)33-28(35)23-8-5-9-26-27(23)32-17(2)36-26/h4-12,14,24-25,31,34H,3,13,15-16H2,1-2H3,(H,33,35). The summed E-state index contributed by atoms with van der Waals surface area (Å²) in [7, 11) is 0. The monoisotopic (exact) mass is 493 g/mol. The number of aromatic nitrogens is 1. The van der Waals surface area contributed by atoms with E-state index in [9.17, 15) is 18.7 Å². The van der Waals surface area contributed by atoms with Crippen molar-refractivity contribution in [1.29, 1.82) is 0 Å². The van der Waals surface area contributed by atoms with Gasteiger partial charge in [0.05, 0.1) is 17.7 Å². The van der Waals surface area contributed by atoms with Gasteiger partial charge in [0.25, 0.3) is 5.91 Å². The molecule has 4 aromatic rings. The summed E-state index contributed by atoms with van der Waals surface area (Å²) in [4.78, 5) is 17.5. The molecule has 8 heteroatoms. The number of fused-ring (bicyclic) bond motifs is 1.